The molecular formula is C26H21F3N2O3. The summed E-state index contributed by atoms with van der Waals surface area (Å²) in [6, 6.07) is 18.4. The van der Waals surface area contributed by atoms with Gasteiger partial charge in [-0.3, -0.25) is 14.5 Å². The number of methoxy groups -OCH3 is 1. The molecule has 0 atom stereocenters. The van der Waals surface area contributed by atoms with Crippen LogP contribution in [-0.2, 0) is 22.3 Å². The van der Waals surface area contributed by atoms with Gasteiger partial charge in [0, 0.05) is 5.69 Å². The van der Waals surface area contributed by atoms with E-state index < -0.39 is 23.6 Å². The molecule has 1 aliphatic rings. The number of alkyl halides is 3. The number of carbonyl (C=O) groups excluding carboxylic acids is 2. The van der Waals surface area contributed by atoms with Crippen LogP contribution in [0, 0.1) is 6.92 Å². The van der Waals surface area contributed by atoms with Crippen molar-refractivity contribution in [3.63, 3.8) is 0 Å². The number of nitrogens with one attached hydrogen (secondary N) is 1. The molecule has 8 heteroatoms. The van der Waals surface area contributed by atoms with Gasteiger partial charge in [-0.15, -0.1) is 0 Å². The highest BCUT2D eigenvalue weighted by Crippen LogP contribution is 2.34. The van der Waals surface area contributed by atoms with Gasteiger partial charge in [0.05, 0.1) is 24.8 Å². The Morgan fingerprint density at radius 3 is 2.21 bits per heavy atom. The zero-order valence-electron chi connectivity index (χ0n) is 18.4. The summed E-state index contributed by atoms with van der Waals surface area (Å²) in [6.45, 7) is 1.96. The molecule has 174 valence electrons. The molecule has 0 fully saturated rings. The van der Waals surface area contributed by atoms with E-state index >= 15 is 0 Å². The van der Waals surface area contributed by atoms with Gasteiger partial charge in [0.1, 0.15) is 11.4 Å². The van der Waals surface area contributed by atoms with E-state index in [4.69, 9.17) is 4.74 Å². The molecule has 0 bridgehead atoms. The van der Waals surface area contributed by atoms with Crippen LogP contribution in [0.25, 0.3) is 5.57 Å². The molecule has 1 N–H and O–H groups in total. The Bertz CT molecular complexity index is 1260. The first-order valence-corrected chi connectivity index (χ1v) is 10.4. The molecule has 34 heavy (non-hydrogen) atoms. The predicted molar refractivity (Wildman–Crippen MR) is 122 cm³/mol. The molecule has 0 radical (unpaired) electrons. The third-order valence-corrected chi connectivity index (χ3v) is 5.47. The zero-order chi connectivity index (χ0) is 24.5. The first kappa shape index (κ1) is 23.1. The molecule has 3 aromatic carbocycles. The van der Waals surface area contributed by atoms with Gasteiger partial charge in [0.2, 0.25) is 0 Å². The van der Waals surface area contributed by atoms with Gasteiger partial charge in [-0.2, -0.15) is 13.2 Å². The van der Waals surface area contributed by atoms with Gasteiger partial charge in [-0.25, -0.2) is 0 Å². The quantitative estimate of drug-likeness (QED) is 0.494. The molecule has 0 saturated carbocycles. The molecule has 2 amide bonds. The van der Waals surface area contributed by atoms with Crippen molar-refractivity contribution in [2.45, 2.75) is 19.6 Å². The fourth-order valence-corrected chi connectivity index (χ4v) is 3.65. The molecule has 1 aliphatic heterocycles. The second-order valence-corrected chi connectivity index (χ2v) is 7.86. The molecule has 1 heterocycles. The molecule has 0 aromatic heterocycles. The summed E-state index contributed by atoms with van der Waals surface area (Å²) in [5.41, 5.74) is 1.42. The number of halogens is 3. The van der Waals surface area contributed by atoms with Crippen molar-refractivity contribution in [2.75, 3.05) is 12.4 Å². The molecule has 3 aromatic rings. The second kappa shape index (κ2) is 9.05. The van der Waals surface area contributed by atoms with Crippen LogP contribution in [-0.4, -0.2) is 23.8 Å². The van der Waals surface area contributed by atoms with E-state index in [1.54, 1.807) is 24.3 Å². The van der Waals surface area contributed by atoms with Crippen LogP contribution >= 0.6 is 0 Å². The number of hydrogen-bond acceptors (Lipinski definition) is 4. The molecule has 0 aliphatic carbocycles. The van der Waals surface area contributed by atoms with Crippen LogP contribution in [0.4, 0.5) is 18.9 Å². The highest BCUT2D eigenvalue weighted by molar-refractivity contribution is 6.36. The number of ether oxygens (including phenoxy) is 1. The van der Waals surface area contributed by atoms with E-state index in [2.05, 4.69) is 5.32 Å². The SMILES string of the molecule is COc1ccc(C2=C(Nc3cccc(C(F)(F)F)c3)C(=O)N(Cc3ccc(C)cc3)C2=O)cc1. The van der Waals surface area contributed by atoms with Crippen molar-refractivity contribution in [3.05, 3.63) is 101 Å². The van der Waals surface area contributed by atoms with Gasteiger partial charge >= 0.3 is 6.18 Å². The first-order valence-electron chi connectivity index (χ1n) is 10.4. The van der Waals surface area contributed by atoms with Crippen molar-refractivity contribution in [2.24, 2.45) is 0 Å². The van der Waals surface area contributed by atoms with E-state index in [9.17, 15) is 22.8 Å². The van der Waals surface area contributed by atoms with Gasteiger partial charge in [-0.1, -0.05) is 48.0 Å². The predicted octanol–water partition coefficient (Wildman–Crippen LogP) is 5.41. The Balaban J connectivity index is 1.74. The summed E-state index contributed by atoms with van der Waals surface area (Å²) < 4.78 is 44.7. The molecule has 5 nitrogen and oxygen atoms in total. The van der Waals surface area contributed by atoms with E-state index in [0.717, 1.165) is 28.2 Å². The Morgan fingerprint density at radius 1 is 0.912 bits per heavy atom. The summed E-state index contributed by atoms with van der Waals surface area (Å²) in [5.74, 6) is -0.593. The summed E-state index contributed by atoms with van der Waals surface area (Å²) in [4.78, 5) is 27.8. The van der Waals surface area contributed by atoms with Crippen molar-refractivity contribution in [1.82, 2.24) is 4.90 Å². The first-order chi connectivity index (χ1) is 16.2. The lowest BCUT2D eigenvalue weighted by molar-refractivity contribution is -0.138. The number of hydrogen-bond donors (Lipinski definition) is 1. The average Bonchev–Trinajstić information content (AvgIpc) is 3.04. The number of nitrogens with zero attached hydrogens (tertiary/aromatic N) is 1. The lowest BCUT2D eigenvalue weighted by Gasteiger charge is -2.16. The standard InChI is InChI=1S/C26H21F3N2O3/c1-16-6-8-17(9-7-16)15-31-24(32)22(18-10-12-21(34-2)13-11-18)23(25(31)33)30-20-5-3-4-19(14-20)26(27,28)29/h3-14,30H,15H2,1-2H3. The normalized spacial score (nSPS) is 14.1. The fourth-order valence-electron chi connectivity index (χ4n) is 3.65. The zero-order valence-corrected chi connectivity index (χ0v) is 18.4. The lowest BCUT2D eigenvalue weighted by Crippen LogP contribution is -2.32. The number of carbonyl (C=O) groups is 2. The minimum absolute atomic E-state index is 0.0331. The molecular weight excluding hydrogens is 445 g/mol. The van der Waals surface area contributed by atoms with Crippen molar-refractivity contribution in [1.29, 1.82) is 0 Å². The lowest BCUT2D eigenvalue weighted by atomic mass is 10.0. The molecule has 0 unspecified atom stereocenters. The number of benzene rings is 3. The topological polar surface area (TPSA) is 58.6 Å². The summed E-state index contributed by atoms with van der Waals surface area (Å²) in [7, 11) is 1.50. The fraction of sp³-hybridized carbons (Fsp3) is 0.154. The maximum atomic E-state index is 13.4. The van der Waals surface area contributed by atoms with E-state index in [-0.39, 0.29) is 23.5 Å². The van der Waals surface area contributed by atoms with Crippen molar-refractivity contribution in [3.8, 4) is 5.75 Å². The Kier molecular flexibility index (Phi) is 6.15. The number of rotatable bonds is 6. The van der Waals surface area contributed by atoms with E-state index in [0.29, 0.717) is 11.3 Å². The van der Waals surface area contributed by atoms with Crippen molar-refractivity contribution >= 4 is 23.1 Å². The smallest absolute Gasteiger partial charge is 0.416 e. The third-order valence-electron chi connectivity index (χ3n) is 5.47. The highest BCUT2D eigenvalue weighted by atomic mass is 19.4. The van der Waals surface area contributed by atoms with Crippen LogP contribution < -0.4 is 10.1 Å². The van der Waals surface area contributed by atoms with Crippen molar-refractivity contribution < 1.29 is 27.5 Å². The van der Waals surface area contributed by atoms with Crippen LogP contribution in [0.2, 0.25) is 0 Å². The summed E-state index contributed by atoms with van der Waals surface area (Å²) in [5, 5.41) is 2.77. The second-order valence-electron chi connectivity index (χ2n) is 7.86. The Hall–Kier alpha value is -4.07. The maximum absolute atomic E-state index is 13.4. The van der Waals surface area contributed by atoms with Crippen LogP contribution in [0.1, 0.15) is 22.3 Å². The molecule has 4 rings (SSSR count). The van der Waals surface area contributed by atoms with Crippen LogP contribution in [0.3, 0.4) is 0 Å². The van der Waals surface area contributed by atoms with E-state index in [1.165, 1.54) is 19.2 Å². The Morgan fingerprint density at radius 2 is 1.59 bits per heavy atom. The number of anilines is 1. The number of amides is 2. The molecule has 0 saturated heterocycles. The van der Waals surface area contributed by atoms with Gasteiger partial charge in [0.15, 0.2) is 0 Å². The Labute approximate surface area is 194 Å². The van der Waals surface area contributed by atoms with Crippen LogP contribution in [0.5, 0.6) is 5.75 Å². The minimum atomic E-state index is -4.54. The molecule has 0 spiro atoms. The largest absolute Gasteiger partial charge is 0.497 e. The van der Waals surface area contributed by atoms with Gasteiger partial charge in [-0.05, 0) is 48.4 Å². The summed E-state index contributed by atoms with van der Waals surface area (Å²) >= 11 is 0. The number of aryl methyl sites for hydroxylation is 1. The third kappa shape index (κ3) is 4.66. The van der Waals surface area contributed by atoms with Crippen LogP contribution in [0.15, 0.2) is 78.5 Å². The summed E-state index contributed by atoms with van der Waals surface area (Å²) in [6.07, 6.45) is -4.54. The van der Waals surface area contributed by atoms with E-state index in [1.807, 2.05) is 31.2 Å². The maximum Gasteiger partial charge on any atom is 0.416 e. The monoisotopic (exact) mass is 466 g/mol. The average molecular weight is 466 g/mol. The highest BCUT2D eigenvalue weighted by Gasteiger charge is 2.39. The minimum Gasteiger partial charge on any atom is -0.497 e. The number of imide groups is 1. The van der Waals surface area contributed by atoms with Gasteiger partial charge in [0.25, 0.3) is 11.8 Å². The van der Waals surface area contributed by atoms with Gasteiger partial charge < -0.3 is 10.1 Å².